The molecule has 0 radical (unpaired) electrons. The molecule has 17 heavy (non-hydrogen) atoms. The van der Waals surface area contributed by atoms with E-state index in [0.29, 0.717) is 0 Å². The van der Waals surface area contributed by atoms with Crippen LogP contribution in [-0.4, -0.2) is 5.11 Å². The first-order valence-electron chi connectivity index (χ1n) is 6.09. The SMILES string of the molecule is CCc1ccc(Cc2ccccc2CO)cc1. The van der Waals surface area contributed by atoms with Crippen LogP contribution in [0.15, 0.2) is 48.5 Å². The lowest BCUT2D eigenvalue weighted by Crippen LogP contribution is -1.95. The summed E-state index contributed by atoms with van der Waals surface area (Å²) < 4.78 is 0. The monoisotopic (exact) mass is 226 g/mol. The summed E-state index contributed by atoms with van der Waals surface area (Å²) in [6.45, 7) is 2.28. The van der Waals surface area contributed by atoms with E-state index in [1.807, 2.05) is 18.2 Å². The maximum atomic E-state index is 9.28. The molecular weight excluding hydrogens is 208 g/mol. The van der Waals surface area contributed by atoms with Crippen molar-refractivity contribution in [2.45, 2.75) is 26.4 Å². The smallest absolute Gasteiger partial charge is 0.0684 e. The fourth-order valence-electron chi connectivity index (χ4n) is 2.00. The van der Waals surface area contributed by atoms with Crippen LogP contribution in [0.5, 0.6) is 0 Å². The van der Waals surface area contributed by atoms with Gasteiger partial charge >= 0.3 is 0 Å². The summed E-state index contributed by atoms with van der Waals surface area (Å²) in [4.78, 5) is 0. The van der Waals surface area contributed by atoms with E-state index in [1.165, 1.54) is 16.7 Å². The molecule has 0 saturated heterocycles. The van der Waals surface area contributed by atoms with Gasteiger partial charge in [0.05, 0.1) is 6.61 Å². The van der Waals surface area contributed by atoms with Crippen molar-refractivity contribution >= 4 is 0 Å². The standard InChI is InChI=1S/C16H18O/c1-2-13-7-9-14(10-8-13)11-15-5-3-4-6-16(15)12-17/h3-10,17H,2,11-12H2,1H3. The quantitative estimate of drug-likeness (QED) is 0.847. The van der Waals surface area contributed by atoms with Gasteiger partial charge in [0.1, 0.15) is 0 Å². The van der Waals surface area contributed by atoms with Crippen molar-refractivity contribution < 1.29 is 5.11 Å². The van der Waals surface area contributed by atoms with E-state index in [4.69, 9.17) is 0 Å². The number of hydrogen-bond acceptors (Lipinski definition) is 1. The van der Waals surface area contributed by atoms with Crippen LogP contribution in [0, 0.1) is 0 Å². The number of benzene rings is 2. The van der Waals surface area contributed by atoms with Crippen molar-refractivity contribution in [1.82, 2.24) is 0 Å². The minimum Gasteiger partial charge on any atom is -0.392 e. The van der Waals surface area contributed by atoms with Gasteiger partial charge in [0.25, 0.3) is 0 Å². The molecule has 1 heteroatoms. The second-order valence-electron chi connectivity index (χ2n) is 4.27. The Morgan fingerprint density at radius 3 is 2.00 bits per heavy atom. The first-order valence-corrected chi connectivity index (χ1v) is 6.09. The largest absolute Gasteiger partial charge is 0.392 e. The third kappa shape index (κ3) is 2.95. The van der Waals surface area contributed by atoms with Crippen LogP contribution >= 0.6 is 0 Å². The van der Waals surface area contributed by atoms with Crippen molar-refractivity contribution in [2.24, 2.45) is 0 Å². The zero-order valence-electron chi connectivity index (χ0n) is 10.2. The molecule has 2 rings (SSSR count). The molecular formula is C16H18O. The molecule has 0 aliphatic rings. The molecule has 0 atom stereocenters. The first kappa shape index (κ1) is 11.9. The van der Waals surface area contributed by atoms with Crippen molar-refractivity contribution in [1.29, 1.82) is 0 Å². The third-order valence-electron chi connectivity index (χ3n) is 3.11. The number of hydrogen-bond donors (Lipinski definition) is 1. The summed E-state index contributed by atoms with van der Waals surface area (Å²) in [5.74, 6) is 0. The lowest BCUT2D eigenvalue weighted by molar-refractivity contribution is 0.281. The second kappa shape index (κ2) is 5.65. The molecule has 0 aromatic heterocycles. The van der Waals surface area contributed by atoms with Crippen molar-refractivity contribution in [3.8, 4) is 0 Å². The Hall–Kier alpha value is -1.60. The van der Waals surface area contributed by atoms with Crippen LogP contribution in [0.3, 0.4) is 0 Å². The van der Waals surface area contributed by atoms with Crippen LogP contribution < -0.4 is 0 Å². The maximum Gasteiger partial charge on any atom is 0.0684 e. The molecule has 0 saturated carbocycles. The molecule has 0 aliphatic heterocycles. The molecule has 2 aromatic rings. The Kier molecular flexibility index (Phi) is 3.94. The van der Waals surface area contributed by atoms with E-state index in [2.05, 4.69) is 37.3 Å². The van der Waals surface area contributed by atoms with E-state index < -0.39 is 0 Å². The van der Waals surface area contributed by atoms with Crippen LogP contribution in [-0.2, 0) is 19.4 Å². The molecule has 88 valence electrons. The lowest BCUT2D eigenvalue weighted by Gasteiger charge is -2.07. The van der Waals surface area contributed by atoms with E-state index in [1.54, 1.807) is 0 Å². The third-order valence-corrected chi connectivity index (χ3v) is 3.11. The highest BCUT2D eigenvalue weighted by atomic mass is 16.3. The predicted octanol–water partition coefficient (Wildman–Crippen LogP) is 3.33. The van der Waals surface area contributed by atoms with Crippen LogP contribution in [0.2, 0.25) is 0 Å². The van der Waals surface area contributed by atoms with Crippen LogP contribution in [0.1, 0.15) is 29.2 Å². The summed E-state index contributed by atoms with van der Waals surface area (Å²) >= 11 is 0. The van der Waals surface area contributed by atoms with E-state index in [9.17, 15) is 5.11 Å². The highest BCUT2D eigenvalue weighted by molar-refractivity contribution is 5.33. The highest BCUT2D eigenvalue weighted by Gasteiger charge is 2.01. The number of aryl methyl sites for hydroxylation is 1. The van der Waals surface area contributed by atoms with Gasteiger partial charge in [-0.25, -0.2) is 0 Å². The molecule has 0 spiro atoms. The Labute approximate surface area is 103 Å². The number of aliphatic hydroxyl groups is 1. The van der Waals surface area contributed by atoms with Crippen molar-refractivity contribution in [3.05, 3.63) is 70.8 Å². The fraction of sp³-hybridized carbons (Fsp3) is 0.250. The summed E-state index contributed by atoms with van der Waals surface area (Å²) in [6.07, 6.45) is 1.97. The Morgan fingerprint density at radius 1 is 0.824 bits per heavy atom. The first-order chi connectivity index (χ1) is 8.33. The van der Waals surface area contributed by atoms with Crippen LogP contribution in [0.4, 0.5) is 0 Å². The number of rotatable bonds is 4. The Balaban J connectivity index is 2.19. The fourth-order valence-corrected chi connectivity index (χ4v) is 2.00. The van der Waals surface area contributed by atoms with Gasteiger partial charge in [0, 0.05) is 0 Å². The molecule has 0 bridgehead atoms. The summed E-state index contributed by atoms with van der Waals surface area (Å²) in [5.41, 5.74) is 4.89. The second-order valence-corrected chi connectivity index (χ2v) is 4.27. The van der Waals surface area contributed by atoms with Gasteiger partial charge in [0.15, 0.2) is 0 Å². The minimum absolute atomic E-state index is 0.114. The van der Waals surface area contributed by atoms with Crippen molar-refractivity contribution in [2.75, 3.05) is 0 Å². The normalized spacial score (nSPS) is 10.5. The summed E-state index contributed by atoms with van der Waals surface area (Å²) in [5, 5.41) is 9.28. The van der Waals surface area contributed by atoms with Crippen molar-refractivity contribution in [3.63, 3.8) is 0 Å². The van der Waals surface area contributed by atoms with E-state index in [-0.39, 0.29) is 6.61 Å². The minimum atomic E-state index is 0.114. The van der Waals surface area contributed by atoms with Gasteiger partial charge in [-0.2, -0.15) is 0 Å². The molecule has 0 aliphatic carbocycles. The van der Waals surface area contributed by atoms with E-state index in [0.717, 1.165) is 18.4 Å². The average Bonchev–Trinajstić information content (AvgIpc) is 2.40. The zero-order valence-corrected chi connectivity index (χ0v) is 10.2. The average molecular weight is 226 g/mol. The molecule has 0 heterocycles. The number of aliphatic hydroxyl groups excluding tert-OH is 1. The Bertz CT molecular complexity index is 471. The summed E-state index contributed by atoms with van der Waals surface area (Å²) in [6, 6.07) is 16.8. The predicted molar refractivity (Wildman–Crippen MR) is 71.0 cm³/mol. The van der Waals surface area contributed by atoms with Crippen LogP contribution in [0.25, 0.3) is 0 Å². The zero-order chi connectivity index (χ0) is 12.1. The topological polar surface area (TPSA) is 20.2 Å². The van der Waals surface area contributed by atoms with Gasteiger partial charge < -0.3 is 5.11 Å². The Morgan fingerprint density at radius 2 is 1.41 bits per heavy atom. The lowest BCUT2D eigenvalue weighted by atomic mass is 9.99. The molecule has 1 N–H and O–H groups in total. The highest BCUT2D eigenvalue weighted by Crippen LogP contribution is 2.15. The van der Waals surface area contributed by atoms with E-state index >= 15 is 0 Å². The van der Waals surface area contributed by atoms with Gasteiger partial charge in [-0.15, -0.1) is 0 Å². The molecule has 0 unspecified atom stereocenters. The summed E-state index contributed by atoms with van der Waals surface area (Å²) in [7, 11) is 0. The van der Waals surface area contributed by atoms with Gasteiger partial charge in [0.2, 0.25) is 0 Å². The van der Waals surface area contributed by atoms with Gasteiger partial charge in [-0.1, -0.05) is 55.5 Å². The molecule has 0 amide bonds. The molecule has 0 fully saturated rings. The van der Waals surface area contributed by atoms with Gasteiger partial charge in [-0.05, 0) is 35.1 Å². The maximum absolute atomic E-state index is 9.28. The molecule has 1 nitrogen and oxygen atoms in total. The molecule has 2 aromatic carbocycles. The van der Waals surface area contributed by atoms with Gasteiger partial charge in [-0.3, -0.25) is 0 Å².